The van der Waals surface area contributed by atoms with Gasteiger partial charge in [0, 0.05) is 6.07 Å². The quantitative estimate of drug-likeness (QED) is 0.448. The van der Waals surface area contributed by atoms with Crippen molar-refractivity contribution in [1.29, 1.82) is 0 Å². The Balaban J connectivity index is 0. The van der Waals surface area contributed by atoms with Gasteiger partial charge < -0.3 is 23.6 Å². The highest BCUT2D eigenvalue weighted by Gasteiger charge is 1.92. The SMILES string of the molecule is Cc1ccc([NH3+])cc1C.O.[Cl-]. The molecule has 2 nitrogen and oxygen atoms in total. The molecular weight excluding hydrogens is 162 g/mol. The summed E-state index contributed by atoms with van der Waals surface area (Å²) < 4.78 is 0. The molecule has 0 saturated heterocycles. The minimum Gasteiger partial charge on any atom is -1.00 e. The Hall–Kier alpha value is -0.570. The average Bonchev–Trinajstić information content (AvgIpc) is 1.80. The van der Waals surface area contributed by atoms with Crippen molar-refractivity contribution < 1.29 is 23.6 Å². The van der Waals surface area contributed by atoms with Crippen LogP contribution < -0.4 is 18.1 Å². The lowest BCUT2D eigenvalue weighted by Gasteiger charge is -1.95. The second-order valence-corrected chi connectivity index (χ2v) is 2.42. The van der Waals surface area contributed by atoms with Crippen LogP contribution in [-0.2, 0) is 0 Å². The van der Waals surface area contributed by atoms with Crippen LogP contribution >= 0.6 is 0 Å². The maximum absolute atomic E-state index is 3.82. The van der Waals surface area contributed by atoms with Crippen LogP contribution in [0.3, 0.4) is 0 Å². The fourth-order valence-corrected chi connectivity index (χ4v) is 0.804. The molecule has 64 valence electrons. The highest BCUT2D eigenvalue weighted by Crippen LogP contribution is 2.08. The van der Waals surface area contributed by atoms with Gasteiger partial charge in [-0.05, 0) is 31.0 Å². The number of aryl methyl sites for hydroxylation is 2. The van der Waals surface area contributed by atoms with Crippen molar-refractivity contribution >= 4 is 5.69 Å². The standard InChI is InChI=1S/C8H11N.ClH.H2O/c1-6-3-4-8(9)5-7(6)2;;/h3-5H,9H2,1-2H3;1H;1H2. The minimum absolute atomic E-state index is 0. The van der Waals surface area contributed by atoms with Gasteiger partial charge >= 0.3 is 0 Å². The molecule has 0 aromatic heterocycles. The van der Waals surface area contributed by atoms with E-state index in [2.05, 4.69) is 31.7 Å². The van der Waals surface area contributed by atoms with Crippen molar-refractivity contribution in [3.8, 4) is 0 Å². The van der Waals surface area contributed by atoms with Crippen molar-refractivity contribution in [3.05, 3.63) is 29.3 Å². The van der Waals surface area contributed by atoms with E-state index in [-0.39, 0.29) is 17.9 Å². The number of quaternary nitrogens is 1. The predicted octanol–water partition coefficient (Wildman–Crippen LogP) is -2.64. The topological polar surface area (TPSA) is 59.1 Å². The maximum atomic E-state index is 3.82. The highest BCUT2D eigenvalue weighted by molar-refractivity contribution is 5.36. The van der Waals surface area contributed by atoms with Crippen molar-refractivity contribution in [1.82, 2.24) is 0 Å². The Kier molecular flexibility index (Phi) is 6.09. The first kappa shape index (κ1) is 13.1. The minimum atomic E-state index is 0. The number of halogens is 1. The number of hydrogen-bond donors (Lipinski definition) is 1. The molecule has 1 aromatic carbocycles. The molecular formula is C8H14ClNO. The summed E-state index contributed by atoms with van der Waals surface area (Å²) in [6.45, 7) is 4.21. The summed E-state index contributed by atoms with van der Waals surface area (Å²) in [6.07, 6.45) is 0. The summed E-state index contributed by atoms with van der Waals surface area (Å²) in [7, 11) is 0. The van der Waals surface area contributed by atoms with Crippen LogP contribution in [0.2, 0.25) is 0 Å². The first-order valence-corrected chi connectivity index (χ1v) is 3.09. The van der Waals surface area contributed by atoms with Crippen LogP contribution in [0.15, 0.2) is 18.2 Å². The first-order chi connectivity index (χ1) is 4.20. The molecule has 11 heavy (non-hydrogen) atoms. The zero-order valence-corrected chi connectivity index (χ0v) is 7.57. The molecule has 0 atom stereocenters. The van der Waals surface area contributed by atoms with Crippen LogP contribution in [0.5, 0.6) is 0 Å². The van der Waals surface area contributed by atoms with Crippen molar-refractivity contribution in [3.63, 3.8) is 0 Å². The normalized spacial score (nSPS) is 7.91. The molecule has 3 heteroatoms. The van der Waals surface area contributed by atoms with Crippen LogP contribution in [0.1, 0.15) is 11.1 Å². The molecule has 0 amide bonds. The fraction of sp³-hybridized carbons (Fsp3) is 0.250. The van der Waals surface area contributed by atoms with Gasteiger partial charge in [-0.25, -0.2) is 0 Å². The molecule has 1 aromatic rings. The predicted molar refractivity (Wildman–Crippen MR) is 42.1 cm³/mol. The van der Waals surface area contributed by atoms with Crippen molar-refractivity contribution in [2.24, 2.45) is 0 Å². The zero-order valence-electron chi connectivity index (χ0n) is 6.82. The van der Waals surface area contributed by atoms with E-state index in [1.807, 2.05) is 6.07 Å². The number of benzene rings is 1. The van der Waals surface area contributed by atoms with Crippen molar-refractivity contribution in [2.45, 2.75) is 13.8 Å². The molecule has 0 spiro atoms. The monoisotopic (exact) mass is 175 g/mol. The third-order valence-corrected chi connectivity index (χ3v) is 1.57. The second kappa shape index (κ2) is 5.13. The van der Waals surface area contributed by atoms with E-state index in [0.717, 1.165) is 5.69 Å². The highest BCUT2D eigenvalue weighted by atomic mass is 35.5. The zero-order chi connectivity index (χ0) is 6.85. The Bertz CT molecular complexity index is 225. The molecule has 5 N–H and O–H groups in total. The Morgan fingerprint density at radius 1 is 1.09 bits per heavy atom. The van der Waals surface area contributed by atoms with Gasteiger partial charge in [0.05, 0.1) is 0 Å². The average molecular weight is 176 g/mol. The van der Waals surface area contributed by atoms with Crippen LogP contribution in [0.4, 0.5) is 5.69 Å². The molecule has 0 saturated carbocycles. The molecule has 0 bridgehead atoms. The first-order valence-electron chi connectivity index (χ1n) is 3.09. The lowest BCUT2D eigenvalue weighted by atomic mass is 10.1. The number of hydrogen-bond acceptors (Lipinski definition) is 0. The number of rotatable bonds is 0. The molecule has 1 rings (SSSR count). The Labute approximate surface area is 73.1 Å². The van der Waals surface area contributed by atoms with Crippen LogP contribution in [-0.4, -0.2) is 5.48 Å². The van der Waals surface area contributed by atoms with Crippen LogP contribution in [0.25, 0.3) is 0 Å². The van der Waals surface area contributed by atoms with Crippen LogP contribution in [0, 0.1) is 13.8 Å². The molecule has 0 aliphatic carbocycles. The second-order valence-electron chi connectivity index (χ2n) is 2.42. The molecule has 0 heterocycles. The maximum Gasteiger partial charge on any atom is 0.128 e. The Morgan fingerprint density at radius 3 is 2.00 bits per heavy atom. The molecule has 0 fully saturated rings. The van der Waals surface area contributed by atoms with E-state index in [0.29, 0.717) is 0 Å². The summed E-state index contributed by atoms with van der Waals surface area (Å²) in [5.41, 5.74) is 7.58. The van der Waals surface area contributed by atoms with E-state index in [1.54, 1.807) is 0 Å². The largest absolute Gasteiger partial charge is 1.00 e. The summed E-state index contributed by atoms with van der Waals surface area (Å²) in [5, 5.41) is 0. The molecule has 0 aliphatic heterocycles. The summed E-state index contributed by atoms with van der Waals surface area (Å²) in [5.74, 6) is 0. The van der Waals surface area contributed by atoms with E-state index in [9.17, 15) is 0 Å². The lowest BCUT2D eigenvalue weighted by Crippen LogP contribution is -3.00. The van der Waals surface area contributed by atoms with Gasteiger partial charge in [-0.2, -0.15) is 0 Å². The van der Waals surface area contributed by atoms with E-state index in [1.165, 1.54) is 11.1 Å². The smallest absolute Gasteiger partial charge is 0.128 e. The summed E-state index contributed by atoms with van der Waals surface area (Å²) >= 11 is 0. The lowest BCUT2D eigenvalue weighted by molar-refractivity contribution is -0.254. The van der Waals surface area contributed by atoms with Gasteiger partial charge in [0.1, 0.15) is 5.69 Å². The van der Waals surface area contributed by atoms with Gasteiger partial charge in [0.2, 0.25) is 0 Å². The summed E-state index contributed by atoms with van der Waals surface area (Å²) in [6, 6.07) is 6.22. The van der Waals surface area contributed by atoms with E-state index >= 15 is 0 Å². The van der Waals surface area contributed by atoms with Crippen molar-refractivity contribution in [2.75, 3.05) is 0 Å². The molecule has 0 unspecified atom stereocenters. The van der Waals surface area contributed by atoms with Gasteiger partial charge in [-0.15, -0.1) is 0 Å². The van der Waals surface area contributed by atoms with Gasteiger partial charge in [0.15, 0.2) is 0 Å². The third-order valence-electron chi connectivity index (χ3n) is 1.57. The Morgan fingerprint density at radius 2 is 1.64 bits per heavy atom. The summed E-state index contributed by atoms with van der Waals surface area (Å²) in [4.78, 5) is 0. The molecule has 0 radical (unpaired) electrons. The third kappa shape index (κ3) is 3.37. The van der Waals surface area contributed by atoms with Gasteiger partial charge in [-0.3, -0.25) is 0 Å². The fourth-order valence-electron chi connectivity index (χ4n) is 0.804. The van der Waals surface area contributed by atoms with E-state index in [4.69, 9.17) is 0 Å². The van der Waals surface area contributed by atoms with Gasteiger partial charge in [0.25, 0.3) is 0 Å². The molecule has 0 aliphatic rings. The van der Waals surface area contributed by atoms with E-state index < -0.39 is 0 Å². The van der Waals surface area contributed by atoms with Gasteiger partial charge in [-0.1, -0.05) is 6.07 Å².